The van der Waals surface area contributed by atoms with Gasteiger partial charge >= 0.3 is 6.09 Å². The minimum atomic E-state index is -3.15. The van der Waals surface area contributed by atoms with Crippen LogP contribution in [0.5, 0.6) is 0 Å². The molecule has 3 heterocycles. The molecular weight excluding hydrogens is 591 g/mol. The van der Waals surface area contributed by atoms with Crippen molar-refractivity contribution in [2.45, 2.75) is 73.6 Å². The van der Waals surface area contributed by atoms with E-state index in [1.165, 1.54) is 6.07 Å². The first-order chi connectivity index (χ1) is 21.8. The van der Waals surface area contributed by atoms with Crippen molar-refractivity contribution in [3.8, 4) is 0 Å². The number of sulfone groups is 1. The maximum atomic E-state index is 14.5. The lowest BCUT2D eigenvalue weighted by Gasteiger charge is -2.50. The number of hydrogen-bond acceptors (Lipinski definition) is 6. The molecule has 5 fully saturated rings. The largest absolute Gasteiger partial charge is 0.465 e. The number of nitrogens with one attached hydrogen (secondary N) is 1. The van der Waals surface area contributed by atoms with Crippen molar-refractivity contribution in [3.63, 3.8) is 0 Å². The number of carbonyl (C=O) groups is 1. The van der Waals surface area contributed by atoms with E-state index in [9.17, 15) is 22.7 Å². The van der Waals surface area contributed by atoms with Crippen LogP contribution in [0, 0.1) is 29.5 Å². The zero-order chi connectivity index (χ0) is 31.1. The summed E-state index contributed by atoms with van der Waals surface area (Å²) in [5, 5.41) is 12.3. The summed E-state index contributed by atoms with van der Waals surface area (Å²) in [4.78, 5) is 19.7. The standard InChI is InChI=1S/C35H47FN4O4S/c36-27-5-1-4-26(20-27)34(39-16-3-17-39)33(31-6-2-7-32(31)37-35(41)42)25-14-18-38(19-15-25)21-24-22-40(23-24)28-8-10-29(11-9-28)45(43,44)30-12-13-30/h1,4-5,8-11,20,24-25,30-34,37H,2-3,6-7,12-19,21-23H2,(H,41,42)/t31-,32-,33-,34+/m0/s1. The van der Waals surface area contributed by atoms with Crippen LogP contribution in [0.4, 0.5) is 14.9 Å². The molecular formula is C35H47FN4O4S. The van der Waals surface area contributed by atoms with E-state index in [1.807, 2.05) is 18.2 Å². The number of rotatable bonds is 11. The molecule has 10 heteroatoms. The Bertz CT molecular complexity index is 1450. The summed E-state index contributed by atoms with van der Waals surface area (Å²) in [6.07, 6.45) is 6.84. The number of hydrogen-bond donors (Lipinski definition) is 2. The predicted octanol–water partition coefficient (Wildman–Crippen LogP) is 5.41. The first-order valence-corrected chi connectivity index (χ1v) is 18.6. The highest BCUT2D eigenvalue weighted by molar-refractivity contribution is 7.92. The summed E-state index contributed by atoms with van der Waals surface area (Å²) in [6.45, 7) is 7.12. The van der Waals surface area contributed by atoms with Crippen LogP contribution in [-0.4, -0.2) is 86.5 Å². The molecule has 2 saturated carbocycles. The Kier molecular flexibility index (Phi) is 8.83. The number of benzene rings is 2. The normalized spacial score (nSPS) is 26.6. The van der Waals surface area contributed by atoms with E-state index >= 15 is 0 Å². The zero-order valence-corrected chi connectivity index (χ0v) is 26.9. The van der Waals surface area contributed by atoms with Gasteiger partial charge in [0.15, 0.2) is 9.84 Å². The van der Waals surface area contributed by atoms with Gasteiger partial charge in [0, 0.05) is 43.3 Å². The molecule has 2 aromatic rings. The minimum absolute atomic E-state index is 0.0493. The SMILES string of the molecule is O=C(O)N[C@H]1CCC[C@@H]1[C@H](C1CCN(CC2CN(c3ccc(S(=O)(=O)C4CC4)cc3)C2)CC1)[C@@H](c1cccc(F)c1)N1CCC1. The summed E-state index contributed by atoms with van der Waals surface area (Å²) in [6, 6.07) is 14.7. The molecule has 1 amide bonds. The third-order valence-electron chi connectivity index (χ3n) is 11.4. The van der Waals surface area contributed by atoms with E-state index in [-0.39, 0.29) is 35.0 Å². The molecule has 4 atom stereocenters. The van der Waals surface area contributed by atoms with Crippen LogP contribution in [0.2, 0.25) is 0 Å². The molecule has 2 aliphatic carbocycles. The average Bonchev–Trinajstić information content (AvgIpc) is 3.75. The van der Waals surface area contributed by atoms with Crippen LogP contribution in [0.1, 0.15) is 63.0 Å². The van der Waals surface area contributed by atoms with Crippen molar-refractivity contribution in [2.75, 3.05) is 50.7 Å². The van der Waals surface area contributed by atoms with Crippen molar-refractivity contribution in [3.05, 3.63) is 59.9 Å². The van der Waals surface area contributed by atoms with Crippen molar-refractivity contribution in [2.24, 2.45) is 23.7 Å². The molecule has 0 aromatic heterocycles. The lowest BCUT2D eigenvalue weighted by atomic mass is 9.68. The molecule has 0 radical (unpaired) electrons. The molecule has 3 aliphatic heterocycles. The molecule has 45 heavy (non-hydrogen) atoms. The number of likely N-dealkylation sites (tertiary alicyclic amines) is 2. The van der Waals surface area contributed by atoms with Crippen molar-refractivity contribution < 1.29 is 22.7 Å². The fraction of sp³-hybridized carbons (Fsp3) is 0.629. The maximum Gasteiger partial charge on any atom is 0.404 e. The van der Waals surface area contributed by atoms with Gasteiger partial charge in [0.25, 0.3) is 0 Å². The minimum Gasteiger partial charge on any atom is -0.465 e. The number of halogens is 1. The van der Waals surface area contributed by atoms with Gasteiger partial charge in [0.1, 0.15) is 5.82 Å². The lowest BCUT2D eigenvalue weighted by Crippen LogP contribution is -2.54. The fourth-order valence-electron chi connectivity index (χ4n) is 8.81. The first-order valence-electron chi connectivity index (χ1n) is 17.1. The summed E-state index contributed by atoms with van der Waals surface area (Å²) in [5.41, 5.74) is 2.13. The maximum absolute atomic E-state index is 14.5. The van der Waals surface area contributed by atoms with Crippen LogP contribution in [0.3, 0.4) is 0 Å². The number of amides is 1. The van der Waals surface area contributed by atoms with Gasteiger partial charge in [-0.2, -0.15) is 0 Å². The summed E-state index contributed by atoms with van der Waals surface area (Å²) in [7, 11) is -3.15. The molecule has 0 unspecified atom stereocenters. The van der Waals surface area contributed by atoms with E-state index in [0.29, 0.717) is 16.7 Å². The second-order valence-corrected chi connectivity index (χ2v) is 16.5. The third kappa shape index (κ3) is 6.60. The number of nitrogens with zero attached hydrogens (tertiary/aromatic N) is 3. The van der Waals surface area contributed by atoms with Gasteiger partial charge in [0.05, 0.1) is 10.1 Å². The van der Waals surface area contributed by atoms with Gasteiger partial charge in [0.2, 0.25) is 0 Å². The molecule has 3 saturated heterocycles. The first kappa shape index (κ1) is 30.9. The molecule has 0 spiro atoms. The third-order valence-corrected chi connectivity index (χ3v) is 13.6. The summed E-state index contributed by atoms with van der Waals surface area (Å²) >= 11 is 0. The molecule has 2 N–H and O–H groups in total. The topological polar surface area (TPSA) is 93.2 Å². The Morgan fingerprint density at radius 2 is 1.67 bits per heavy atom. The van der Waals surface area contributed by atoms with Gasteiger partial charge in [-0.15, -0.1) is 0 Å². The van der Waals surface area contributed by atoms with Crippen LogP contribution in [0.15, 0.2) is 53.4 Å². The Hall–Kier alpha value is -2.69. The Morgan fingerprint density at radius 1 is 0.933 bits per heavy atom. The second-order valence-electron chi connectivity index (χ2n) is 14.3. The van der Waals surface area contributed by atoms with Crippen molar-refractivity contribution in [1.29, 1.82) is 0 Å². The van der Waals surface area contributed by atoms with Crippen LogP contribution >= 0.6 is 0 Å². The average molecular weight is 639 g/mol. The highest BCUT2D eigenvalue weighted by Gasteiger charge is 2.46. The van der Waals surface area contributed by atoms with E-state index in [4.69, 9.17) is 0 Å². The fourth-order valence-corrected chi connectivity index (χ4v) is 10.5. The molecule has 7 rings (SSSR count). The summed E-state index contributed by atoms with van der Waals surface area (Å²) in [5.74, 6) is 1.37. The highest BCUT2D eigenvalue weighted by Crippen LogP contribution is 2.49. The van der Waals surface area contributed by atoms with E-state index < -0.39 is 15.9 Å². The van der Waals surface area contributed by atoms with Gasteiger partial charge < -0.3 is 20.2 Å². The molecule has 244 valence electrons. The Morgan fingerprint density at radius 3 is 2.29 bits per heavy atom. The van der Waals surface area contributed by atoms with E-state index in [0.717, 1.165) is 108 Å². The molecule has 0 bridgehead atoms. The monoisotopic (exact) mass is 638 g/mol. The van der Waals surface area contributed by atoms with Crippen LogP contribution < -0.4 is 10.2 Å². The van der Waals surface area contributed by atoms with Gasteiger partial charge in [-0.1, -0.05) is 18.6 Å². The summed E-state index contributed by atoms with van der Waals surface area (Å²) < 4.78 is 39.6. The van der Waals surface area contributed by atoms with Gasteiger partial charge in [-0.05, 0) is 131 Å². The Balaban J connectivity index is 0.994. The van der Waals surface area contributed by atoms with Crippen LogP contribution in [0.25, 0.3) is 0 Å². The van der Waals surface area contributed by atoms with Gasteiger partial charge in [-0.25, -0.2) is 17.6 Å². The quantitative estimate of drug-likeness (QED) is 0.340. The molecule has 2 aromatic carbocycles. The second kappa shape index (κ2) is 12.8. The molecule has 5 aliphatic rings. The predicted molar refractivity (Wildman–Crippen MR) is 173 cm³/mol. The van der Waals surface area contributed by atoms with E-state index in [1.54, 1.807) is 18.2 Å². The highest BCUT2D eigenvalue weighted by atomic mass is 32.2. The molecule has 8 nitrogen and oxygen atoms in total. The zero-order valence-electron chi connectivity index (χ0n) is 26.1. The van der Waals surface area contributed by atoms with Crippen molar-refractivity contribution in [1.82, 2.24) is 15.1 Å². The van der Waals surface area contributed by atoms with Crippen LogP contribution in [-0.2, 0) is 9.84 Å². The lowest BCUT2D eigenvalue weighted by molar-refractivity contribution is -0.000940. The number of carboxylic acid groups (broad SMARTS) is 1. The smallest absolute Gasteiger partial charge is 0.404 e. The van der Waals surface area contributed by atoms with Gasteiger partial charge in [-0.3, -0.25) is 4.90 Å². The number of anilines is 1. The Labute approximate surface area is 266 Å². The number of piperidine rings is 1. The van der Waals surface area contributed by atoms with E-state index in [2.05, 4.69) is 26.1 Å². The van der Waals surface area contributed by atoms with Crippen molar-refractivity contribution >= 4 is 21.6 Å².